The highest BCUT2D eigenvalue weighted by Crippen LogP contribution is 2.37. The lowest BCUT2D eigenvalue weighted by atomic mass is 10.1. The SMILES string of the molecule is COc1ccc(C2=CSC3=NNC(c4ccc(OC)c(OC)c4)=CN23)cc1. The van der Waals surface area contributed by atoms with Gasteiger partial charge in [0.1, 0.15) is 5.75 Å². The van der Waals surface area contributed by atoms with Crippen LogP contribution in [0.25, 0.3) is 11.4 Å². The van der Waals surface area contributed by atoms with Crippen molar-refractivity contribution >= 4 is 28.3 Å². The monoisotopic (exact) mass is 381 g/mol. The fourth-order valence-corrected chi connectivity index (χ4v) is 3.74. The van der Waals surface area contributed by atoms with Crippen LogP contribution in [0.5, 0.6) is 17.2 Å². The minimum absolute atomic E-state index is 0.675. The Morgan fingerprint density at radius 1 is 0.889 bits per heavy atom. The van der Waals surface area contributed by atoms with E-state index in [0.29, 0.717) is 11.5 Å². The van der Waals surface area contributed by atoms with Gasteiger partial charge >= 0.3 is 0 Å². The Kier molecular flexibility index (Phi) is 4.68. The van der Waals surface area contributed by atoms with Gasteiger partial charge in [0, 0.05) is 17.2 Å². The van der Waals surface area contributed by atoms with Crippen molar-refractivity contribution in [2.45, 2.75) is 0 Å². The Morgan fingerprint density at radius 2 is 1.63 bits per heavy atom. The Hall–Kier alpha value is -3.06. The van der Waals surface area contributed by atoms with Crippen molar-refractivity contribution in [2.24, 2.45) is 5.10 Å². The maximum absolute atomic E-state index is 5.41. The molecule has 2 aromatic carbocycles. The van der Waals surface area contributed by atoms with Crippen molar-refractivity contribution in [3.63, 3.8) is 0 Å². The van der Waals surface area contributed by atoms with Crippen LogP contribution in [0, 0.1) is 0 Å². The van der Waals surface area contributed by atoms with Gasteiger partial charge in [-0.3, -0.25) is 10.3 Å². The molecule has 0 amide bonds. The topological polar surface area (TPSA) is 55.3 Å². The third-order valence-corrected chi connectivity index (χ3v) is 5.19. The van der Waals surface area contributed by atoms with Crippen molar-refractivity contribution in [1.82, 2.24) is 10.3 Å². The average molecular weight is 381 g/mol. The van der Waals surface area contributed by atoms with Crippen LogP contribution >= 0.6 is 11.8 Å². The predicted octanol–water partition coefficient (Wildman–Crippen LogP) is 3.93. The summed E-state index contributed by atoms with van der Waals surface area (Å²) in [5.74, 6) is 2.20. The summed E-state index contributed by atoms with van der Waals surface area (Å²) in [6.07, 6.45) is 2.04. The summed E-state index contributed by atoms with van der Waals surface area (Å²) in [5, 5.41) is 7.47. The van der Waals surface area contributed by atoms with E-state index in [-0.39, 0.29) is 0 Å². The maximum Gasteiger partial charge on any atom is 0.196 e. The van der Waals surface area contributed by atoms with Gasteiger partial charge in [-0.05, 0) is 48.0 Å². The molecule has 0 radical (unpaired) electrons. The molecule has 4 rings (SSSR count). The Bertz CT molecular complexity index is 951. The van der Waals surface area contributed by atoms with Gasteiger partial charge in [-0.25, -0.2) is 0 Å². The Morgan fingerprint density at radius 3 is 2.33 bits per heavy atom. The second-order valence-corrected chi connectivity index (χ2v) is 6.67. The van der Waals surface area contributed by atoms with E-state index in [4.69, 9.17) is 14.2 Å². The molecule has 1 N–H and O–H groups in total. The smallest absolute Gasteiger partial charge is 0.196 e. The average Bonchev–Trinajstić information content (AvgIpc) is 3.16. The number of methoxy groups -OCH3 is 3. The van der Waals surface area contributed by atoms with Crippen LogP contribution in [-0.2, 0) is 0 Å². The highest BCUT2D eigenvalue weighted by molar-refractivity contribution is 8.16. The number of nitrogens with one attached hydrogen (secondary N) is 1. The molecule has 0 unspecified atom stereocenters. The number of hydrogen-bond donors (Lipinski definition) is 1. The predicted molar refractivity (Wildman–Crippen MR) is 108 cm³/mol. The van der Waals surface area contributed by atoms with Crippen LogP contribution in [0.4, 0.5) is 0 Å². The molecule has 0 aromatic heterocycles. The molecule has 2 heterocycles. The first-order chi connectivity index (χ1) is 13.2. The Labute approximate surface area is 162 Å². The van der Waals surface area contributed by atoms with E-state index < -0.39 is 0 Å². The molecule has 0 fully saturated rings. The summed E-state index contributed by atoms with van der Waals surface area (Å²) in [7, 11) is 4.92. The molecule has 0 aliphatic carbocycles. The number of thioether (sulfide) groups is 1. The second kappa shape index (κ2) is 7.28. The minimum atomic E-state index is 0.675. The second-order valence-electron chi connectivity index (χ2n) is 5.84. The Balaban J connectivity index is 1.65. The van der Waals surface area contributed by atoms with Gasteiger partial charge in [0.05, 0.1) is 32.7 Å². The number of amidine groups is 1. The largest absolute Gasteiger partial charge is 0.497 e. The molecular formula is C20H19N3O3S. The summed E-state index contributed by atoms with van der Waals surface area (Å²) in [4.78, 5) is 2.08. The molecular weight excluding hydrogens is 362 g/mol. The first kappa shape index (κ1) is 17.4. The third-order valence-electron chi connectivity index (χ3n) is 4.35. The number of fused-ring (bicyclic) bond motifs is 1. The number of benzene rings is 2. The van der Waals surface area contributed by atoms with Gasteiger partial charge in [0.2, 0.25) is 0 Å². The van der Waals surface area contributed by atoms with Crippen molar-refractivity contribution < 1.29 is 14.2 Å². The van der Waals surface area contributed by atoms with Crippen LogP contribution in [0.3, 0.4) is 0 Å². The molecule has 0 spiro atoms. The fourth-order valence-electron chi connectivity index (χ4n) is 2.91. The normalized spacial score (nSPS) is 15.2. The van der Waals surface area contributed by atoms with Gasteiger partial charge < -0.3 is 14.2 Å². The summed E-state index contributed by atoms with van der Waals surface area (Å²) in [6.45, 7) is 0. The van der Waals surface area contributed by atoms with Gasteiger partial charge in [-0.2, -0.15) is 0 Å². The van der Waals surface area contributed by atoms with Crippen LogP contribution in [0.1, 0.15) is 11.1 Å². The lowest BCUT2D eigenvalue weighted by Gasteiger charge is -2.24. The zero-order valence-corrected chi connectivity index (χ0v) is 16.0. The molecule has 2 aromatic rings. The van der Waals surface area contributed by atoms with E-state index in [1.807, 2.05) is 48.7 Å². The highest BCUT2D eigenvalue weighted by Gasteiger charge is 2.26. The third kappa shape index (κ3) is 3.21. The molecule has 0 saturated heterocycles. The number of nitrogens with zero attached hydrogens (tertiary/aromatic N) is 2. The molecule has 0 saturated carbocycles. The summed E-state index contributed by atoms with van der Waals surface area (Å²) in [6, 6.07) is 13.8. The lowest BCUT2D eigenvalue weighted by Crippen LogP contribution is -2.26. The summed E-state index contributed by atoms with van der Waals surface area (Å²) >= 11 is 1.58. The van der Waals surface area contributed by atoms with Gasteiger partial charge in [-0.15, -0.1) is 5.10 Å². The molecule has 6 nitrogen and oxygen atoms in total. The molecule has 0 bridgehead atoms. The van der Waals surface area contributed by atoms with E-state index in [2.05, 4.69) is 20.8 Å². The van der Waals surface area contributed by atoms with Crippen LogP contribution in [0.2, 0.25) is 0 Å². The molecule has 7 heteroatoms. The maximum atomic E-state index is 5.41. The number of hydrogen-bond acceptors (Lipinski definition) is 7. The first-order valence-corrected chi connectivity index (χ1v) is 9.20. The van der Waals surface area contributed by atoms with E-state index in [1.165, 1.54) is 0 Å². The molecule has 27 heavy (non-hydrogen) atoms. The summed E-state index contributed by atoms with van der Waals surface area (Å²) in [5.41, 5.74) is 7.12. The minimum Gasteiger partial charge on any atom is -0.497 e. The van der Waals surface area contributed by atoms with Crippen LogP contribution in [0.15, 0.2) is 59.2 Å². The zero-order valence-electron chi connectivity index (χ0n) is 15.2. The van der Waals surface area contributed by atoms with Gasteiger partial charge in [-0.1, -0.05) is 11.8 Å². The van der Waals surface area contributed by atoms with Crippen molar-refractivity contribution in [2.75, 3.05) is 21.3 Å². The standard InChI is InChI=1S/C20H19N3O3S/c1-24-15-7-4-13(5-8-15)17-12-27-20-22-21-16(11-23(17)20)14-6-9-18(25-2)19(10-14)26-3/h4-12,21H,1-3H3. The molecule has 0 atom stereocenters. The van der Waals surface area contributed by atoms with Gasteiger partial charge in [0.15, 0.2) is 16.7 Å². The fraction of sp³-hybridized carbons (Fsp3) is 0.150. The molecule has 2 aliphatic heterocycles. The quantitative estimate of drug-likeness (QED) is 0.847. The van der Waals surface area contributed by atoms with Gasteiger partial charge in [0.25, 0.3) is 0 Å². The lowest BCUT2D eigenvalue weighted by molar-refractivity contribution is 0.355. The van der Waals surface area contributed by atoms with E-state index in [0.717, 1.165) is 33.4 Å². The van der Waals surface area contributed by atoms with E-state index >= 15 is 0 Å². The molecule has 2 aliphatic rings. The van der Waals surface area contributed by atoms with Crippen LogP contribution in [-0.4, -0.2) is 31.4 Å². The van der Waals surface area contributed by atoms with E-state index in [9.17, 15) is 0 Å². The van der Waals surface area contributed by atoms with Crippen molar-refractivity contribution in [3.05, 3.63) is 65.2 Å². The highest BCUT2D eigenvalue weighted by atomic mass is 32.2. The van der Waals surface area contributed by atoms with Crippen LogP contribution < -0.4 is 19.6 Å². The van der Waals surface area contributed by atoms with Crippen molar-refractivity contribution in [3.8, 4) is 17.2 Å². The number of hydrazone groups is 1. The zero-order chi connectivity index (χ0) is 18.8. The number of rotatable bonds is 5. The number of ether oxygens (including phenoxy) is 3. The van der Waals surface area contributed by atoms with Crippen molar-refractivity contribution in [1.29, 1.82) is 0 Å². The molecule has 138 valence electrons. The van der Waals surface area contributed by atoms with E-state index in [1.54, 1.807) is 33.1 Å². The first-order valence-electron chi connectivity index (χ1n) is 8.32. The summed E-state index contributed by atoms with van der Waals surface area (Å²) < 4.78 is 16.0.